The number of nitrogens with one attached hydrogen (secondary N) is 1. The van der Waals surface area contributed by atoms with Crippen molar-refractivity contribution in [3.05, 3.63) is 88.4 Å². The second-order valence-corrected chi connectivity index (χ2v) is 11.4. The molecule has 0 saturated carbocycles. The van der Waals surface area contributed by atoms with E-state index in [1.807, 2.05) is 6.26 Å². The number of carbonyl (C=O) groups is 2. The van der Waals surface area contributed by atoms with E-state index < -0.39 is 28.4 Å². The van der Waals surface area contributed by atoms with E-state index in [0.717, 1.165) is 4.31 Å². The summed E-state index contributed by atoms with van der Waals surface area (Å²) in [5.74, 6) is 0.0342. The molecule has 0 radical (unpaired) electrons. The molecule has 0 unspecified atom stereocenters. The van der Waals surface area contributed by atoms with Crippen molar-refractivity contribution in [3.63, 3.8) is 0 Å². The van der Waals surface area contributed by atoms with Gasteiger partial charge in [0, 0.05) is 5.75 Å². The summed E-state index contributed by atoms with van der Waals surface area (Å²) in [7, 11) is -4.11. The quantitative estimate of drug-likeness (QED) is 0.130. The molecular weight excluding hydrogens is 585 g/mol. The highest BCUT2D eigenvalue weighted by Gasteiger charge is 2.27. The highest BCUT2D eigenvalue weighted by atomic mass is 35.5. The van der Waals surface area contributed by atoms with Gasteiger partial charge in [0.15, 0.2) is 6.61 Å². The van der Waals surface area contributed by atoms with Crippen LogP contribution in [0.2, 0.25) is 10.0 Å². The van der Waals surface area contributed by atoms with E-state index in [2.05, 4.69) is 10.5 Å². The molecule has 9 nitrogen and oxygen atoms in total. The van der Waals surface area contributed by atoms with E-state index in [-0.39, 0.29) is 27.2 Å². The van der Waals surface area contributed by atoms with Crippen LogP contribution >= 0.6 is 35.0 Å². The van der Waals surface area contributed by atoms with Crippen LogP contribution in [0.25, 0.3) is 0 Å². The molecule has 206 valence electrons. The number of carbonyl (C=O) groups excluding carboxylic acids is 2. The maximum absolute atomic E-state index is 13.3. The Balaban J connectivity index is 1.63. The number of hydrazone groups is 1. The number of esters is 1. The predicted octanol–water partition coefficient (Wildman–Crippen LogP) is 4.62. The van der Waals surface area contributed by atoms with Crippen LogP contribution in [-0.2, 0) is 24.3 Å². The summed E-state index contributed by atoms with van der Waals surface area (Å²) < 4.78 is 38.0. The molecular formula is C26H25Cl2N3O6S2. The normalized spacial score (nSPS) is 11.3. The monoisotopic (exact) mass is 609 g/mol. The fraction of sp³-hybridized carbons (Fsp3) is 0.192. The van der Waals surface area contributed by atoms with E-state index in [4.69, 9.17) is 32.7 Å². The first-order valence-corrected chi connectivity index (χ1v) is 15.0. The average molecular weight is 611 g/mol. The summed E-state index contributed by atoms with van der Waals surface area (Å²) in [6.45, 7) is -0.445. The van der Waals surface area contributed by atoms with Gasteiger partial charge in [0.1, 0.15) is 18.9 Å². The van der Waals surface area contributed by atoms with E-state index in [0.29, 0.717) is 23.7 Å². The van der Waals surface area contributed by atoms with Crippen LogP contribution in [0.5, 0.6) is 5.75 Å². The van der Waals surface area contributed by atoms with Crippen molar-refractivity contribution < 1.29 is 27.5 Å². The Bertz CT molecular complexity index is 1400. The lowest BCUT2D eigenvalue weighted by Gasteiger charge is -2.24. The summed E-state index contributed by atoms with van der Waals surface area (Å²) >= 11 is 13.7. The lowest BCUT2D eigenvalue weighted by Crippen LogP contribution is -2.39. The van der Waals surface area contributed by atoms with Crippen molar-refractivity contribution in [2.45, 2.75) is 4.90 Å². The van der Waals surface area contributed by atoms with Crippen molar-refractivity contribution >= 4 is 68.8 Å². The number of amides is 1. The van der Waals surface area contributed by atoms with Gasteiger partial charge >= 0.3 is 5.97 Å². The number of hydrogen-bond donors (Lipinski definition) is 1. The summed E-state index contributed by atoms with van der Waals surface area (Å²) in [6, 6.07) is 18.6. The van der Waals surface area contributed by atoms with E-state index >= 15 is 0 Å². The molecule has 3 aromatic rings. The molecule has 0 heterocycles. The molecule has 1 amide bonds. The number of thioether (sulfide) groups is 1. The summed E-state index contributed by atoms with van der Waals surface area (Å²) in [4.78, 5) is 24.3. The molecule has 0 aromatic heterocycles. The first-order chi connectivity index (χ1) is 18.7. The Morgan fingerprint density at radius 1 is 1.03 bits per heavy atom. The fourth-order valence-electron chi connectivity index (χ4n) is 3.09. The zero-order valence-electron chi connectivity index (χ0n) is 20.8. The van der Waals surface area contributed by atoms with Crippen LogP contribution in [0.4, 0.5) is 5.69 Å². The number of ether oxygens (including phenoxy) is 2. The number of halogens is 2. The maximum Gasteiger partial charge on any atom is 0.344 e. The van der Waals surface area contributed by atoms with Gasteiger partial charge in [-0.25, -0.2) is 18.6 Å². The molecule has 0 bridgehead atoms. The van der Waals surface area contributed by atoms with Gasteiger partial charge < -0.3 is 9.47 Å². The minimum atomic E-state index is -4.11. The van der Waals surface area contributed by atoms with Gasteiger partial charge in [-0.3, -0.25) is 9.10 Å². The number of benzene rings is 3. The SMILES string of the molecule is CSCCOC(=O)COc1ccc(/C=N\NC(=O)CN(c2ccc(Cl)c(Cl)c2)S(=O)(=O)c2ccccc2)cc1. The third kappa shape index (κ3) is 9.17. The van der Waals surface area contributed by atoms with E-state index in [9.17, 15) is 18.0 Å². The topological polar surface area (TPSA) is 114 Å². The van der Waals surface area contributed by atoms with Crippen molar-refractivity contribution in [1.82, 2.24) is 5.43 Å². The van der Waals surface area contributed by atoms with Gasteiger partial charge in [-0.15, -0.1) is 0 Å². The van der Waals surface area contributed by atoms with Crippen LogP contribution in [-0.4, -0.2) is 58.3 Å². The highest BCUT2D eigenvalue weighted by Crippen LogP contribution is 2.30. The molecule has 13 heteroatoms. The third-order valence-corrected chi connectivity index (χ3v) is 8.10. The smallest absolute Gasteiger partial charge is 0.344 e. The summed E-state index contributed by atoms with van der Waals surface area (Å²) in [5.41, 5.74) is 3.12. The molecule has 0 atom stereocenters. The molecule has 3 rings (SSSR count). The zero-order valence-corrected chi connectivity index (χ0v) is 23.9. The van der Waals surface area contributed by atoms with Gasteiger partial charge in [0.05, 0.1) is 26.8 Å². The van der Waals surface area contributed by atoms with E-state index in [1.54, 1.807) is 54.2 Å². The van der Waals surface area contributed by atoms with E-state index in [1.165, 1.54) is 36.5 Å². The van der Waals surface area contributed by atoms with Crippen molar-refractivity contribution in [3.8, 4) is 5.75 Å². The fourth-order valence-corrected chi connectivity index (χ4v) is 5.07. The minimum Gasteiger partial charge on any atom is -0.482 e. The number of nitrogens with zero attached hydrogens (tertiary/aromatic N) is 2. The second-order valence-electron chi connectivity index (χ2n) is 7.79. The van der Waals surface area contributed by atoms with Gasteiger partial charge in [-0.2, -0.15) is 16.9 Å². The van der Waals surface area contributed by atoms with Gasteiger partial charge in [0.25, 0.3) is 15.9 Å². The Kier molecular flexibility index (Phi) is 11.5. The predicted molar refractivity (Wildman–Crippen MR) is 154 cm³/mol. The molecule has 0 aliphatic rings. The molecule has 0 spiro atoms. The van der Waals surface area contributed by atoms with Gasteiger partial charge in [-0.05, 0) is 66.4 Å². The zero-order chi connectivity index (χ0) is 28.3. The first kappa shape index (κ1) is 30.3. The van der Waals surface area contributed by atoms with Crippen molar-refractivity contribution in [1.29, 1.82) is 0 Å². The Morgan fingerprint density at radius 3 is 2.41 bits per heavy atom. The Hall–Kier alpha value is -3.25. The molecule has 0 aliphatic heterocycles. The molecule has 0 aliphatic carbocycles. The van der Waals surface area contributed by atoms with Crippen molar-refractivity contribution in [2.75, 3.05) is 36.1 Å². The number of sulfonamides is 1. The molecule has 3 aromatic carbocycles. The minimum absolute atomic E-state index is 0.00269. The number of anilines is 1. The molecule has 39 heavy (non-hydrogen) atoms. The summed E-state index contributed by atoms with van der Waals surface area (Å²) in [6.07, 6.45) is 3.30. The summed E-state index contributed by atoms with van der Waals surface area (Å²) in [5, 5.41) is 4.29. The third-order valence-electron chi connectivity index (χ3n) is 5.00. The first-order valence-electron chi connectivity index (χ1n) is 11.4. The lowest BCUT2D eigenvalue weighted by atomic mass is 10.2. The lowest BCUT2D eigenvalue weighted by molar-refractivity contribution is -0.145. The van der Waals surface area contributed by atoms with Gasteiger partial charge in [0.2, 0.25) is 0 Å². The average Bonchev–Trinajstić information content (AvgIpc) is 2.93. The van der Waals surface area contributed by atoms with Crippen LogP contribution in [0.3, 0.4) is 0 Å². The molecule has 1 N–H and O–H groups in total. The molecule has 0 fully saturated rings. The van der Waals surface area contributed by atoms with Crippen LogP contribution in [0.15, 0.2) is 82.8 Å². The highest BCUT2D eigenvalue weighted by molar-refractivity contribution is 7.98. The van der Waals surface area contributed by atoms with Crippen LogP contribution in [0, 0.1) is 0 Å². The molecule has 0 saturated heterocycles. The Labute approximate surface area is 241 Å². The maximum atomic E-state index is 13.3. The number of rotatable bonds is 13. The number of hydrogen-bond acceptors (Lipinski definition) is 8. The largest absolute Gasteiger partial charge is 0.482 e. The standard InChI is InChI=1S/C26H25Cl2N3O6S2/c1-38-14-13-36-26(33)18-37-21-10-7-19(8-11-21)16-29-30-25(32)17-31(20-9-12-23(27)24(28)15-20)39(34,35)22-5-3-2-4-6-22/h2-12,15-16H,13-14,17-18H2,1H3,(H,30,32)/b29-16-. The van der Waals surface area contributed by atoms with Gasteiger partial charge in [-0.1, -0.05) is 41.4 Å². The van der Waals surface area contributed by atoms with Crippen LogP contribution < -0.4 is 14.5 Å². The van der Waals surface area contributed by atoms with Crippen molar-refractivity contribution in [2.24, 2.45) is 5.10 Å². The Morgan fingerprint density at radius 2 is 1.74 bits per heavy atom. The second kappa shape index (κ2) is 14.8. The van der Waals surface area contributed by atoms with Crippen LogP contribution in [0.1, 0.15) is 5.56 Å².